The fraction of sp³-hybridized carbons (Fsp3) is 0.242. The Balaban J connectivity index is 1.20. The van der Waals surface area contributed by atoms with Crippen molar-refractivity contribution in [2.75, 3.05) is 9.80 Å². The molecular weight excluding hydrogens is 862 g/mol. The molecule has 12 rings (SSSR count). The molecule has 2 aliphatic heterocycles. The van der Waals surface area contributed by atoms with Crippen LogP contribution in [0.5, 0.6) is 0 Å². The summed E-state index contributed by atoms with van der Waals surface area (Å²) < 4.78 is 9.42. The number of fused-ring (bicyclic) bond motifs is 9. The van der Waals surface area contributed by atoms with E-state index >= 15 is 0 Å². The van der Waals surface area contributed by atoms with E-state index in [1.54, 1.807) is 0 Å². The molecule has 0 fully saturated rings. The summed E-state index contributed by atoms with van der Waals surface area (Å²) in [7, 11) is 0. The molecule has 4 nitrogen and oxygen atoms in total. The molecule has 5 heteroatoms. The second-order valence-corrected chi connectivity index (χ2v) is 24.3. The Morgan fingerprint density at radius 2 is 0.972 bits per heavy atom. The molecule has 0 saturated carbocycles. The van der Waals surface area contributed by atoms with E-state index in [4.69, 9.17) is 4.42 Å². The number of anilines is 6. The summed E-state index contributed by atoms with van der Waals surface area (Å²) in [5.74, 6) is 0. The molecule has 71 heavy (non-hydrogen) atoms. The van der Waals surface area contributed by atoms with Crippen molar-refractivity contribution in [3.63, 3.8) is 0 Å². The Bertz CT molecular complexity index is 3680. The third-order valence-electron chi connectivity index (χ3n) is 15.4. The largest absolute Gasteiger partial charge is 0.454 e. The Morgan fingerprint density at radius 1 is 0.408 bits per heavy atom. The van der Waals surface area contributed by atoms with Crippen molar-refractivity contribution in [1.82, 2.24) is 4.57 Å². The van der Waals surface area contributed by atoms with Crippen molar-refractivity contribution >= 4 is 90.2 Å². The molecule has 10 aromatic rings. The Kier molecular flexibility index (Phi) is 9.89. The topological polar surface area (TPSA) is 24.6 Å². The van der Waals surface area contributed by atoms with Gasteiger partial charge in [-0.1, -0.05) is 174 Å². The molecule has 8 aromatic carbocycles. The third kappa shape index (κ3) is 7.17. The fourth-order valence-electron chi connectivity index (χ4n) is 11.4. The number of para-hydroxylation sites is 2. The molecule has 0 radical (unpaired) electrons. The summed E-state index contributed by atoms with van der Waals surface area (Å²) in [5.41, 5.74) is 23.6. The van der Waals surface area contributed by atoms with Crippen LogP contribution in [0.1, 0.15) is 105 Å². The predicted octanol–water partition coefficient (Wildman–Crippen LogP) is 16.5. The van der Waals surface area contributed by atoms with Crippen LogP contribution in [0.4, 0.5) is 34.1 Å². The standard InChI is InChI=1S/C66H64BN3O/c1-63(2,3)42-25-30-46(31-26-42)68(47-32-27-43(28-33-47)64(4,5)6)48-34-35-52-55(40-48)69(54-36-29-44(65(7,8)9)37-51(54)41-19-14-13-15-20-41)56-38-45(66(10,11)12)39-57-59(56)67(52)53-23-18-22-50-60(53)70(57)61-49-21-16-17-24-58(49)71-62(50)61/h13-40H,1-12H3. The van der Waals surface area contributed by atoms with Crippen LogP contribution in [-0.2, 0) is 21.7 Å². The van der Waals surface area contributed by atoms with Crippen molar-refractivity contribution in [3.05, 3.63) is 192 Å². The maximum Gasteiger partial charge on any atom is 0.252 e. The van der Waals surface area contributed by atoms with E-state index in [1.165, 1.54) is 72.3 Å². The highest BCUT2D eigenvalue weighted by molar-refractivity contribution is 7.00. The molecular formula is C66H64BN3O. The Labute approximate surface area is 420 Å². The van der Waals surface area contributed by atoms with Crippen LogP contribution in [0.3, 0.4) is 0 Å². The lowest BCUT2D eigenvalue weighted by Crippen LogP contribution is -2.60. The molecule has 0 saturated heterocycles. The molecule has 2 aliphatic rings. The van der Waals surface area contributed by atoms with E-state index < -0.39 is 0 Å². The monoisotopic (exact) mass is 926 g/mol. The molecule has 0 atom stereocenters. The smallest absolute Gasteiger partial charge is 0.252 e. The molecule has 0 N–H and O–H groups in total. The van der Waals surface area contributed by atoms with Gasteiger partial charge in [0.2, 0.25) is 0 Å². The van der Waals surface area contributed by atoms with Crippen molar-refractivity contribution in [3.8, 4) is 16.8 Å². The van der Waals surface area contributed by atoms with Crippen LogP contribution in [0.15, 0.2) is 174 Å². The average Bonchev–Trinajstić information content (AvgIpc) is 3.88. The lowest BCUT2D eigenvalue weighted by Gasteiger charge is -2.42. The highest BCUT2D eigenvalue weighted by Gasteiger charge is 2.44. The molecule has 0 unspecified atom stereocenters. The molecule has 0 amide bonds. The first-order valence-corrected chi connectivity index (χ1v) is 25.5. The van der Waals surface area contributed by atoms with Crippen molar-refractivity contribution < 1.29 is 4.42 Å². The summed E-state index contributed by atoms with van der Waals surface area (Å²) in [6, 6.07) is 64.4. The number of aromatic nitrogens is 1. The van der Waals surface area contributed by atoms with Gasteiger partial charge in [0.25, 0.3) is 6.71 Å². The van der Waals surface area contributed by atoms with E-state index in [2.05, 4.69) is 267 Å². The second kappa shape index (κ2) is 15.6. The van der Waals surface area contributed by atoms with Gasteiger partial charge in [0.05, 0.1) is 11.2 Å². The summed E-state index contributed by atoms with van der Waals surface area (Å²) in [6.07, 6.45) is 0. The zero-order valence-corrected chi connectivity index (χ0v) is 43.5. The second-order valence-electron chi connectivity index (χ2n) is 24.3. The third-order valence-corrected chi connectivity index (χ3v) is 15.4. The molecule has 0 spiro atoms. The maximum atomic E-state index is 6.86. The lowest BCUT2D eigenvalue weighted by molar-refractivity contribution is 0.589. The van der Waals surface area contributed by atoms with Gasteiger partial charge in [0.15, 0.2) is 5.58 Å². The number of nitrogens with zero attached hydrogens (tertiary/aromatic N) is 3. The predicted molar refractivity (Wildman–Crippen MR) is 305 cm³/mol. The van der Waals surface area contributed by atoms with Crippen LogP contribution in [0, 0.1) is 0 Å². The van der Waals surface area contributed by atoms with E-state index in [9.17, 15) is 0 Å². The van der Waals surface area contributed by atoms with Gasteiger partial charge in [-0.05, 0) is 145 Å². The zero-order chi connectivity index (χ0) is 49.5. The van der Waals surface area contributed by atoms with Gasteiger partial charge in [-0.2, -0.15) is 0 Å². The fourth-order valence-corrected chi connectivity index (χ4v) is 11.4. The summed E-state index contributed by atoms with van der Waals surface area (Å²) in [5, 5.41) is 2.28. The van der Waals surface area contributed by atoms with E-state index in [1.807, 2.05) is 0 Å². The van der Waals surface area contributed by atoms with E-state index in [-0.39, 0.29) is 28.4 Å². The highest BCUT2D eigenvalue weighted by atomic mass is 16.3. The van der Waals surface area contributed by atoms with Gasteiger partial charge < -0.3 is 18.8 Å². The van der Waals surface area contributed by atoms with Crippen LogP contribution in [-0.4, -0.2) is 11.3 Å². The van der Waals surface area contributed by atoms with Crippen molar-refractivity contribution in [2.24, 2.45) is 0 Å². The quantitative estimate of drug-likeness (QED) is 0.161. The van der Waals surface area contributed by atoms with Gasteiger partial charge in [0, 0.05) is 50.5 Å². The van der Waals surface area contributed by atoms with Crippen LogP contribution >= 0.6 is 0 Å². The first-order valence-electron chi connectivity index (χ1n) is 25.5. The van der Waals surface area contributed by atoms with Crippen molar-refractivity contribution in [2.45, 2.75) is 105 Å². The lowest BCUT2D eigenvalue weighted by atomic mass is 9.33. The van der Waals surface area contributed by atoms with Gasteiger partial charge in [-0.15, -0.1) is 0 Å². The van der Waals surface area contributed by atoms with E-state index in [0.29, 0.717) is 0 Å². The molecule has 2 aromatic heterocycles. The minimum Gasteiger partial charge on any atom is -0.454 e. The Hall–Kier alpha value is -7.24. The summed E-state index contributed by atoms with van der Waals surface area (Å²) >= 11 is 0. The SMILES string of the molecule is CC(C)(C)c1ccc(N(c2ccc(C(C)(C)C)cc2)c2ccc3c(c2)N(c2ccc(C(C)(C)C)cc2-c2ccccc2)c2cc(C(C)(C)C)cc4c2B3c2cccc3c5oc6ccccc6c5n-4c23)cc1. The minimum atomic E-state index is -0.163. The van der Waals surface area contributed by atoms with Crippen LogP contribution in [0.25, 0.3) is 49.8 Å². The maximum absolute atomic E-state index is 6.86. The number of hydrogen-bond donors (Lipinski definition) is 0. The van der Waals surface area contributed by atoms with E-state index in [0.717, 1.165) is 50.2 Å². The Morgan fingerprint density at radius 3 is 1.61 bits per heavy atom. The normalized spacial score (nSPS) is 13.6. The summed E-state index contributed by atoms with van der Waals surface area (Å²) in [4.78, 5) is 5.08. The van der Waals surface area contributed by atoms with Crippen LogP contribution < -0.4 is 26.2 Å². The highest BCUT2D eigenvalue weighted by Crippen LogP contribution is 2.49. The minimum absolute atomic E-state index is 0.0273. The van der Waals surface area contributed by atoms with Gasteiger partial charge in [0.1, 0.15) is 11.1 Å². The van der Waals surface area contributed by atoms with Gasteiger partial charge >= 0.3 is 0 Å². The molecule has 352 valence electrons. The molecule has 0 aliphatic carbocycles. The van der Waals surface area contributed by atoms with Crippen molar-refractivity contribution in [1.29, 1.82) is 0 Å². The first kappa shape index (κ1) is 44.9. The number of hydrogen-bond acceptors (Lipinski definition) is 3. The first-order chi connectivity index (χ1) is 33.8. The van der Waals surface area contributed by atoms with Gasteiger partial charge in [-0.25, -0.2) is 0 Å². The van der Waals surface area contributed by atoms with Gasteiger partial charge in [-0.3, -0.25) is 0 Å². The van der Waals surface area contributed by atoms with Crippen LogP contribution in [0.2, 0.25) is 0 Å². The molecule has 4 heterocycles. The summed E-state index contributed by atoms with van der Waals surface area (Å²) in [6.45, 7) is 27.7. The molecule has 0 bridgehead atoms. The number of benzene rings is 8. The zero-order valence-electron chi connectivity index (χ0n) is 43.5. The average molecular weight is 926 g/mol. The number of furan rings is 1. The number of rotatable bonds is 5.